The van der Waals surface area contributed by atoms with E-state index < -0.39 is 6.04 Å². The van der Waals surface area contributed by atoms with Crippen LogP contribution in [0.25, 0.3) is 10.2 Å². The fourth-order valence-corrected chi connectivity index (χ4v) is 3.82. The second kappa shape index (κ2) is 5.60. The van der Waals surface area contributed by atoms with E-state index in [-0.39, 0.29) is 5.82 Å². The van der Waals surface area contributed by atoms with Crippen LogP contribution in [0.2, 0.25) is 0 Å². The normalized spacial score (nSPS) is 12.8. The summed E-state index contributed by atoms with van der Waals surface area (Å²) < 4.78 is 15.7. The molecule has 1 heterocycles. The van der Waals surface area contributed by atoms with Gasteiger partial charge in [0.05, 0.1) is 15.2 Å². The number of para-hydroxylation sites is 1. The van der Waals surface area contributed by atoms with Crippen molar-refractivity contribution in [2.24, 2.45) is 5.73 Å². The summed E-state index contributed by atoms with van der Waals surface area (Å²) in [5.74, 6) is -0.284. The molecule has 2 N–H and O–H groups in total. The third-order valence-corrected chi connectivity index (χ3v) is 4.85. The van der Waals surface area contributed by atoms with Gasteiger partial charge in [0.1, 0.15) is 5.82 Å². The van der Waals surface area contributed by atoms with Crippen LogP contribution in [0.3, 0.4) is 0 Å². The van der Waals surface area contributed by atoms with Crippen LogP contribution in [0, 0.1) is 5.82 Å². The van der Waals surface area contributed by atoms with Gasteiger partial charge in [-0.1, -0.05) is 34.1 Å². The predicted molar refractivity (Wildman–Crippen MR) is 84.4 cm³/mol. The van der Waals surface area contributed by atoms with Crippen molar-refractivity contribution in [3.8, 4) is 0 Å². The smallest absolute Gasteiger partial charge is 0.129 e. The summed E-state index contributed by atoms with van der Waals surface area (Å²) in [4.78, 5) is 4.54. The van der Waals surface area contributed by atoms with Crippen molar-refractivity contribution in [2.45, 2.75) is 12.5 Å². The first kappa shape index (κ1) is 13.7. The van der Waals surface area contributed by atoms with Gasteiger partial charge in [-0.05, 0) is 24.3 Å². The summed E-state index contributed by atoms with van der Waals surface area (Å²) in [7, 11) is 0. The van der Waals surface area contributed by atoms with Crippen molar-refractivity contribution < 1.29 is 4.39 Å². The molecule has 0 amide bonds. The van der Waals surface area contributed by atoms with Crippen LogP contribution in [0.1, 0.15) is 16.6 Å². The van der Waals surface area contributed by atoms with E-state index >= 15 is 0 Å². The molecule has 1 unspecified atom stereocenters. The van der Waals surface area contributed by atoms with Crippen molar-refractivity contribution in [1.82, 2.24) is 4.98 Å². The first-order valence-corrected chi connectivity index (χ1v) is 7.80. The van der Waals surface area contributed by atoms with E-state index in [1.165, 1.54) is 6.07 Å². The average molecular weight is 351 g/mol. The molecule has 102 valence electrons. The second-order valence-electron chi connectivity index (χ2n) is 4.52. The number of nitrogens with two attached hydrogens (primary N) is 1. The maximum absolute atomic E-state index is 13.9. The molecule has 3 aromatic rings. The van der Waals surface area contributed by atoms with Gasteiger partial charge < -0.3 is 5.73 Å². The molecule has 2 nitrogen and oxygen atoms in total. The lowest BCUT2D eigenvalue weighted by atomic mass is 10.0. The van der Waals surface area contributed by atoms with E-state index in [9.17, 15) is 4.39 Å². The maximum Gasteiger partial charge on any atom is 0.129 e. The van der Waals surface area contributed by atoms with E-state index in [4.69, 9.17) is 5.73 Å². The number of rotatable bonds is 3. The lowest BCUT2D eigenvalue weighted by Crippen LogP contribution is -2.15. The van der Waals surface area contributed by atoms with Crippen molar-refractivity contribution in [1.29, 1.82) is 0 Å². The minimum Gasteiger partial charge on any atom is -0.323 e. The van der Waals surface area contributed by atoms with Crippen LogP contribution in [-0.4, -0.2) is 4.98 Å². The molecule has 20 heavy (non-hydrogen) atoms. The summed E-state index contributed by atoms with van der Waals surface area (Å²) in [5, 5.41) is 0.925. The van der Waals surface area contributed by atoms with E-state index in [0.29, 0.717) is 16.5 Å². The zero-order valence-corrected chi connectivity index (χ0v) is 12.9. The highest BCUT2D eigenvalue weighted by molar-refractivity contribution is 9.10. The monoisotopic (exact) mass is 350 g/mol. The van der Waals surface area contributed by atoms with E-state index in [0.717, 1.165) is 15.2 Å². The van der Waals surface area contributed by atoms with Crippen LogP contribution < -0.4 is 5.73 Å². The Morgan fingerprint density at radius 3 is 2.75 bits per heavy atom. The maximum atomic E-state index is 13.9. The van der Waals surface area contributed by atoms with E-state index in [1.54, 1.807) is 23.5 Å². The topological polar surface area (TPSA) is 38.9 Å². The predicted octanol–water partition coefficient (Wildman–Crippen LogP) is 4.44. The molecule has 0 saturated heterocycles. The van der Waals surface area contributed by atoms with E-state index in [1.807, 2.05) is 24.3 Å². The molecule has 0 radical (unpaired) electrons. The van der Waals surface area contributed by atoms with Crippen molar-refractivity contribution in [3.63, 3.8) is 0 Å². The standard InChI is InChI=1S/C15H12BrFN2S/c16-9-4-3-5-10(17)15(9)11(18)8-14-19-12-6-1-2-7-13(12)20-14/h1-7,11H,8,18H2. The van der Waals surface area contributed by atoms with Crippen LogP contribution >= 0.6 is 27.3 Å². The first-order valence-electron chi connectivity index (χ1n) is 6.19. The molecule has 2 aromatic carbocycles. The Bertz CT molecular complexity index is 703. The van der Waals surface area contributed by atoms with Crippen molar-refractivity contribution >= 4 is 37.5 Å². The number of aromatic nitrogens is 1. The highest BCUT2D eigenvalue weighted by atomic mass is 79.9. The van der Waals surface area contributed by atoms with Gasteiger partial charge >= 0.3 is 0 Å². The molecule has 0 saturated carbocycles. The number of hydrogen-bond donors (Lipinski definition) is 1. The minimum atomic E-state index is -0.411. The molecule has 0 fully saturated rings. The molecule has 5 heteroatoms. The average Bonchev–Trinajstić information content (AvgIpc) is 2.80. The Kier molecular flexibility index (Phi) is 3.83. The Morgan fingerprint density at radius 1 is 1.20 bits per heavy atom. The second-order valence-corrected chi connectivity index (χ2v) is 6.49. The largest absolute Gasteiger partial charge is 0.323 e. The van der Waals surface area contributed by atoms with Crippen molar-refractivity contribution in [2.75, 3.05) is 0 Å². The van der Waals surface area contributed by atoms with Gasteiger partial charge in [-0.3, -0.25) is 0 Å². The Balaban J connectivity index is 1.90. The molecular formula is C15H12BrFN2S. The number of hydrogen-bond acceptors (Lipinski definition) is 3. The van der Waals surface area contributed by atoms with Crippen molar-refractivity contribution in [3.05, 3.63) is 63.3 Å². The van der Waals surface area contributed by atoms with Gasteiger partial charge in [0.15, 0.2) is 0 Å². The van der Waals surface area contributed by atoms with Gasteiger partial charge in [-0.25, -0.2) is 9.37 Å². The zero-order valence-electron chi connectivity index (χ0n) is 10.5. The lowest BCUT2D eigenvalue weighted by Gasteiger charge is -2.13. The Labute approximate surface area is 128 Å². The van der Waals surface area contributed by atoms with Gasteiger partial charge in [-0.2, -0.15) is 0 Å². The van der Waals surface area contributed by atoms with Crippen LogP contribution in [0.15, 0.2) is 46.9 Å². The minimum absolute atomic E-state index is 0.284. The Hall–Kier alpha value is -1.30. The number of fused-ring (bicyclic) bond motifs is 1. The highest BCUT2D eigenvalue weighted by Gasteiger charge is 2.17. The molecule has 3 rings (SSSR count). The fraction of sp³-hybridized carbons (Fsp3) is 0.133. The molecule has 0 bridgehead atoms. The highest BCUT2D eigenvalue weighted by Crippen LogP contribution is 2.29. The summed E-state index contributed by atoms with van der Waals surface area (Å²) in [5.41, 5.74) is 7.62. The fourth-order valence-electron chi connectivity index (χ4n) is 2.16. The zero-order chi connectivity index (χ0) is 14.1. The van der Waals surface area contributed by atoms with Gasteiger partial charge in [-0.15, -0.1) is 11.3 Å². The number of benzene rings is 2. The molecule has 0 aliphatic heterocycles. The van der Waals surface area contributed by atoms with Gasteiger partial charge in [0.2, 0.25) is 0 Å². The third kappa shape index (κ3) is 2.61. The van der Waals surface area contributed by atoms with Gasteiger partial charge in [0, 0.05) is 22.5 Å². The quantitative estimate of drug-likeness (QED) is 0.758. The third-order valence-electron chi connectivity index (χ3n) is 3.10. The van der Waals surface area contributed by atoms with Crippen LogP contribution in [0.5, 0.6) is 0 Å². The number of thiazole rings is 1. The summed E-state index contributed by atoms with van der Waals surface area (Å²) >= 11 is 4.96. The number of nitrogens with zero attached hydrogens (tertiary/aromatic N) is 1. The summed E-state index contributed by atoms with van der Waals surface area (Å²) in [6, 6.07) is 12.4. The summed E-state index contributed by atoms with van der Waals surface area (Å²) in [6.45, 7) is 0. The lowest BCUT2D eigenvalue weighted by molar-refractivity contribution is 0.578. The molecule has 1 atom stereocenters. The van der Waals surface area contributed by atoms with Gasteiger partial charge in [0.25, 0.3) is 0 Å². The molecule has 1 aromatic heterocycles. The Morgan fingerprint density at radius 2 is 2.00 bits per heavy atom. The van der Waals surface area contributed by atoms with Crippen LogP contribution in [-0.2, 0) is 6.42 Å². The molecular weight excluding hydrogens is 339 g/mol. The van der Waals surface area contributed by atoms with E-state index in [2.05, 4.69) is 20.9 Å². The molecule has 0 aliphatic rings. The number of halogens is 2. The first-order chi connectivity index (χ1) is 9.65. The molecule has 0 aliphatic carbocycles. The molecule has 0 spiro atoms. The summed E-state index contributed by atoms with van der Waals surface area (Å²) in [6.07, 6.45) is 0.527. The SMILES string of the molecule is NC(Cc1nc2ccccc2s1)c1c(F)cccc1Br. The van der Waals surface area contributed by atoms with Crippen LogP contribution in [0.4, 0.5) is 4.39 Å².